The van der Waals surface area contributed by atoms with Crippen LogP contribution in [0.25, 0.3) is 0 Å². The Morgan fingerprint density at radius 3 is 1.81 bits per heavy atom. The van der Waals surface area contributed by atoms with Crippen LogP contribution in [-0.2, 0) is 15.1 Å². The summed E-state index contributed by atoms with van der Waals surface area (Å²) in [4.78, 5) is 47.4. The van der Waals surface area contributed by atoms with Gasteiger partial charge in [0.2, 0.25) is 5.91 Å². The average Bonchev–Trinajstić information content (AvgIpc) is 3.08. The van der Waals surface area contributed by atoms with Gasteiger partial charge in [-0.3, -0.25) is 19.4 Å². The lowest BCUT2D eigenvalue weighted by atomic mass is 9.83. The van der Waals surface area contributed by atoms with Crippen molar-refractivity contribution < 1.29 is 14.4 Å². The molecule has 0 spiro atoms. The Morgan fingerprint density at radius 1 is 0.722 bits per heavy atom. The smallest absolute Gasteiger partial charge is 0.326 e. The second-order valence-corrected chi connectivity index (χ2v) is 9.98. The fourth-order valence-electron chi connectivity index (χ4n) is 5.54. The first kappa shape index (κ1) is 24.5. The summed E-state index contributed by atoms with van der Waals surface area (Å²) in [5.41, 5.74) is 0.254. The molecule has 3 aliphatic rings. The molecular weight excluding hydrogens is 454 g/mol. The zero-order valence-corrected chi connectivity index (χ0v) is 20.8. The number of piperazine rings is 1. The minimum Gasteiger partial charge on any atom is -0.342 e. The van der Waals surface area contributed by atoms with Gasteiger partial charge in [-0.25, -0.2) is 9.69 Å². The molecule has 3 aliphatic heterocycles. The molecule has 3 saturated heterocycles. The molecule has 0 aliphatic carbocycles. The predicted octanol–water partition coefficient (Wildman–Crippen LogP) is 2.46. The lowest BCUT2D eigenvalue weighted by Crippen LogP contribution is -2.53. The van der Waals surface area contributed by atoms with Crippen LogP contribution in [-0.4, -0.2) is 89.9 Å². The van der Waals surface area contributed by atoms with Crippen molar-refractivity contribution in [3.8, 4) is 0 Å². The third-order valence-corrected chi connectivity index (χ3v) is 7.64. The summed E-state index contributed by atoms with van der Waals surface area (Å²) >= 11 is 0. The van der Waals surface area contributed by atoms with E-state index in [4.69, 9.17) is 0 Å². The first-order valence-corrected chi connectivity index (χ1v) is 13.1. The first-order chi connectivity index (χ1) is 17.6. The van der Waals surface area contributed by atoms with Gasteiger partial charge in [0.05, 0.1) is 13.2 Å². The van der Waals surface area contributed by atoms with E-state index in [1.54, 1.807) is 0 Å². The van der Waals surface area contributed by atoms with Crippen LogP contribution in [0.3, 0.4) is 0 Å². The largest absolute Gasteiger partial charge is 0.342 e. The van der Waals surface area contributed by atoms with E-state index in [0.29, 0.717) is 19.6 Å². The van der Waals surface area contributed by atoms with Crippen molar-refractivity contribution in [2.24, 2.45) is 0 Å². The maximum absolute atomic E-state index is 13.9. The van der Waals surface area contributed by atoms with Gasteiger partial charge in [-0.1, -0.05) is 73.5 Å². The third-order valence-electron chi connectivity index (χ3n) is 7.64. The van der Waals surface area contributed by atoms with Gasteiger partial charge in [-0.2, -0.15) is 0 Å². The number of likely N-dealkylation sites (tertiary alicyclic amines) is 1. The van der Waals surface area contributed by atoms with Crippen LogP contribution in [0, 0.1) is 0 Å². The minimum atomic E-state index is -1.24. The van der Waals surface area contributed by atoms with E-state index >= 15 is 0 Å². The van der Waals surface area contributed by atoms with Crippen molar-refractivity contribution in [3.05, 3.63) is 71.8 Å². The number of rotatable bonds is 6. The van der Waals surface area contributed by atoms with Gasteiger partial charge in [0.1, 0.15) is 0 Å². The van der Waals surface area contributed by atoms with E-state index in [2.05, 4.69) is 15.1 Å². The number of benzene rings is 2. The van der Waals surface area contributed by atoms with Crippen LogP contribution in [0.1, 0.15) is 36.8 Å². The normalized spacial score (nSPS) is 21.3. The molecular formula is C28H35N5O3. The van der Waals surface area contributed by atoms with Gasteiger partial charge in [-0.15, -0.1) is 0 Å². The molecule has 0 radical (unpaired) electrons. The monoisotopic (exact) mass is 489 g/mol. The van der Waals surface area contributed by atoms with Crippen LogP contribution < -0.4 is 5.32 Å². The molecule has 2 aromatic rings. The zero-order valence-electron chi connectivity index (χ0n) is 20.8. The number of nitrogens with one attached hydrogen (secondary N) is 1. The molecule has 0 bridgehead atoms. The second kappa shape index (κ2) is 10.8. The molecule has 190 valence electrons. The lowest BCUT2D eigenvalue weighted by molar-refractivity contribution is -0.133. The third kappa shape index (κ3) is 4.88. The Morgan fingerprint density at radius 2 is 1.25 bits per heavy atom. The van der Waals surface area contributed by atoms with Gasteiger partial charge >= 0.3 is 6.03 Å². The van der Waals surface area contributed by atoms with Crippen molar-refractivity contribution in [2.45, 2.75) is 31.2 Å². The molecule has 0 unspecified atom stereocenters. The number of imide groups is 1. The second-order valence-electron chi connectivity index (χ2n) is 9.98. The maximum Gasteiger partial charge on any atom is 0.326 e. The van der Waals surface area contributed by atoms with Crippen molar-refractivity contribution in [2.75, 3.05) is 52.5 Å². The summed E-state index contributed by atoms with van der Waals surface area (Å²) in [5.74, 6) is -0.0429. The summed E-state index contributed by atoms with van der Waals surface area (Å²) < 4.78 is 0. The molecule has 8 heteroatoms. The lowest BCUT2D eigenvalue weighted by Gasteiger charge is -2.36. The number of hydrogen-bond donors (Lipinski definition) is 1. The summed E-state index contributed by atoms with van der Waals surface area (Å²) in [6.45, 7) is 5.31. The van der Waals surface area contributed by atoms with Crippen LogP contribution in [0.4, 0.5) is 4.79 Å². The summed E-state index contributed by atoms with van der Waals surface area (Å²) in [5, 5.41) is 3.02. The van der Waals surface area contributed by atoms with E-state index in [0.717, 1.165) is 50.1 Å². The Kier molecular flexibility index (Phi) is 7.34. The summed E-state index contributed by atoms with van der Waals surface area (Å²) in [6.07, 6.45) is 4.61. The number of amides is 4. The highest BCUT2D eigenvalue weighted by Crippen LogP contribution is 2.36. The molecule has 4 amide bonds. The standard InChI is InChI=1S/C28H35N5O3/c34-25(32-15-9-1-2-10-16-32)21-30-17-19-31(20-18-30)22-33-26(35)28(29-27(33)36,23-11-5-3-6-12-23)24-13-7-4-8-14-24/h3-8,11-14H,1-2,9-10,15-22H2,(H,29,36). The quantitative estimate of drug-likeness (QED) is 0.631. The fraction of sp³-hybridized carbons (Fsp3) is 0.464. The molecule has 3 heterocycles. The van der Waals surface area contributed by atoms with Crippen LogP contribution >= 0.6 is 0 Å². The number of nitrogens with zero attached hydrogens (tertiary/aromatic N) is 4. The molecule has 1 N–H and O–H groups in total. The van der Waals surface area contributed by atoms with Crippen LogP contribution in [0.2, 0.25) is 0 Å². The molecule has 3 fully saturated rings. The Labute approximate surface area is 212 Å². The molecule has 2 aromatic carbocycles. The Bertz CT molecular complexity index is 1020. The number of urea groups is 1. The molecule has 0 atom stereocenters. The molecule has 0 saturated carbocycles. The van der Waals surface area contributed by atoms with E-state index < -0.39 is 5.54 Å². The predicted molar refractivity (Wildman–Crippen MR) is 137 cm³/mol. The van der Waals surface area contributed by atoms with E-state index in [9.17, 15) is 14.4 Å². The van der Waals surface area contributed by atoms with E-state index in [1.165, 1.54) is 17.7 Å². The highest BCUT2D eigenvalue weighted by Gasteiger charge is 2.54. The number of carbonyl (C=O) groups excluding carboxylic acids is 3. The zero-order chi connectivity index (χ0) is 25.0. The Hall–Kier alpha value is -3.23. The highest BCUT2D eigenvalue weighted by molar-refractivity contribution is 6.09. The van der Waals surface area contributed by atoms with Crippen LogP contribution in [0.15, 0.2) is 60.7 Å². The molecule has 5 rings (SSSR count). The average molecular weight is 490 g/mol. The topological polar surface area (TPSA) is 76.2 Å². The van der Waals surface area contributed by atoms with Gasteiger partial charge < -0.3 is 10.2 Å². The minimum absolute atomic E-state index is 0.218. The van der Waals surface area contributed by atoms with Gasteiger partial charge in [0.25, 0.3) is 5.91 Å². The summed E-state index contributed by atoms with van der Waals surface area (Å²) in [7, 11) is 0. The van der Waals surface area contributed by atoms with Gasteiger partial charge in [0.15, 0.2) is 5.54 Å². The molecule has 0 aromatic heterocycles. The van der Waals surface area contributed by atoms with Gasteiger partial charge in [0, 0.05) is 39.3 Å². The van der Waals surface area contributed by atoms with Crippen LogP contribution in [0.5, 0.6) is 0 Å². The SMILES string of the molecule is O=C(CN1CCN(CN2C(=O)NC(c3ccccc3)(c3ccccc3)C2=O)CC1)N1CCCCCC1. The summed E-state index contributed by atoms with van der Waals surface area (Å²) in [6, 6.07) is 18.5. The molecule has 8 nitrogen and oxygen atoms in total. The van der Waals surface area contributed by atoms with E-state index in [1.807, 2.05) is 65.6 Å². The first-order valence-electron chi connectivity index (χ1n) is 13.1. The van der Waals surface area contributed by atoms with Crippen molar-refractivity contribution in [1.82, 2.24) is 24.9 Å². The Balaban J connectivity index is 1.23. The van der Waals surface area contributed by atoms with Crippen molar-refractivity contribution >= 4 is 17.8 Å². The molecule has 36 heavy (non-hydrogen) atoms. The highest BCUT2D eigenvalue weighted by atomic mass is 16.2. The number of hydrogen-bond acceptors (Lipinski definition) is 5. The maximum atomic E-state index is 13.9. The van der Waals surface area contributed by atoms with Gasteiger partial charge in [-0.05, 0) is 24.0 Å². The number of carbonyl (C=O) groups is 3. The van der Waals surface area contributed by atoms with Crippen molar-refractivity contribution in [3.63, 3.8) is 0 Å². The van der Waals surface area contributed by atoms with E-state index in [-0.39, 0.29) is 24.5 Å². The van der Waals surface area contributed by atoms with Crippen molar-refractivity contribution in [1.29, 1.82) is 0 Å². The fourth-order valence-corrected chi connectivity index (χ4v) is 5.54.